The Bertz CT molecular complexity index is 330. The molecular weight excluding hydrogens is 252 g/mol. The molecule has 0 amide bonds. The molecule has 2 heteroatoms. The summed E-state index contributed by atoms with van der Waals surface area (Å²) in [4.78, 5) is 1.51. The molecule has 0 aliphatic rings. The van der Waals surface area contributed by atoms with Crippen LogP contribution in [-0.4, -0.2) is 7.11 Å². The van der Waals surface area contributed by atoms with Crippen molar-refractivity contribution in [1.29, 1.82) is 0 Å². The van der Waals surface area contributed by atoms with Gasteiger partial charge in [0.05, 0.1) is 7.11 Å². The van der Waals surface area contributed by atoms with Crippen molar-refractivity contribution in [3.8, 4) is 5.06 Å². The molecule has 0 N–H and O–H groups in total. The Balaban J connectivity index is 2.39. The van der Waals surface area contributed by atoms with Gasteiger partial charge in [-0.15, -0.1) is 11.3 Å². The van der Waals surface area contributed by atoms with E-state index in [2.05, 4.69) is 19.9 Å². The molecule has 0 fully saturated rings. The first-order valence-corrected chi connectivity index (χ1v) is 8.79. The summed E-state index contributed by atoms with van der Waals surface area (Å²) in [7, 11) is 1.81. The third kappa shape index (κ3) is 6.47. The lowest BCUT2D eigenvalue weighted by Crippen LogP contribution is -1.88. The third-order valence-electron chi connectivity index (χ3n) is 3.58. The number of ether oxygens (including phenoxy) is 1. The van der Waals surface area contributed by atoms with Gasteiger partial charge < -0.3 is 4.74 Å². The summed E-state index contributed by atoms with van der Waals surface area (Å²) in [6, 6.07) is 2.39. The Morgan fingerprint density at radius 2 is 1.53 bits per heavy atom. The maximum atomic E-state index is 5.53. The lowest BCUT2D eigenvalue weighted by Gasteiger charge is -2.01. The molecule has 0 saturated carbocycles. The van der Waals surface area contributed by atoms with E-state index in [4.69, 9.17) is 4.74 Å². The van der Waals surface area contributed by atoms with Crippen molar-refractivity contribution < 1.29 is 4.74 Å². The van der Waals surface area contributed by atoms with E-state index in [-0.39, 0.29) is 0 Å². The SMILES string of the molecule is CCCCCCc1cc(CCCCCC)c(OC)s1. The molecule has 1 heterocycles. The standard InChI is InChI=1S/C17H30OS/c1-4-6-8-10-12-15-14-16(19-17(15)18-3)13-11-9-7-5-2/h14H,4-13H2,1-3H3. The number of methoxy groups -OCH3 is 1. The molecule has 0 aromatic carbocycles. The van der Waals surface area contributed by atoms with Gasteiger partial charge in [0.25, 0.3) is 0 Å². The highest BCUT2D eigenvalue weighted by atomic mass is 32.1. The first-order valence-electron chi connectivity index (χ1n) is 7.97. The zero-order valence-corrected chi connectivity index (χ0v) is 13.8. The van der Waals surface area contributed by atoms with Gasteiger partial charge in [0, 0.05) is 10.4 Å². The summed E-state index contributed by atoms with van der Waals surface area (Å²) in [5.41, 5.74) is 1.44. The normalized spacial score (nSPS) is 10.9. The molecule has 1 nitrogen and oxygen atoms in total. The van der Waals surface area contributed by atoms with Crippen LogP contribution in [0.3, 0.4) is 0 Å². The highest BCUT2D eigenvalue weighted by molar-refractivity contribution is 7.14. The zero-order chi connectivity index (χ0) is 13.9. The van der Waals surface area contributed by atoms with Gasteiger partial charge in [0.1, 0.15) is 0 Å². The minimum absolute atomic E-state index is 1.15. The van der Waals surface area contributed by atoms with E-state index in [0.29, 0.717) is 0 Å². The predicted octanol–water partition coefficient (Wildman–Crippen LogP) is 6.00. The summed E-state index contributed by atoms with van der Waals surface area (Å²) in [6.07, 6.45) is 13.1. The molecule has 110 valence electrons. The minimum atomic E-state index is 1.15. The average molecular weight is 282 g/mol. The van der Waals surface area contributed by atoms with Gasteiger partial charge in [-0.25, -0.2) is 0 Å². The first-order chi connectivity index (χ1) is 9.31. The maximum Gasteiger partial charge on any atom is 0.176 e. The Morgan fingerprint density at radius 3 is 2.11 bits per heavy atom. The summed E-state index contributed by atoms with van der Waals surface area (Å²) in [5.74, 6) is 0. The van der Waals surface area contributed by atoms with Gasteiger partial charge in [-0.2, -0.15) is 0 Å². The Hall–Kier alpha value is -0.500. The summed E-state index contributed by atoms with van der Waals surface area (Å²) >= 11 is 1.86. The van der Waals surface area contributed by atoms with Crippen LogP contribution >= 0.6 is 11.3 Å². The first kappa shape index (κ1) is 16.6. The van der Waals surface area contributed by atoms with Crippen LogP contribution in [0.5, 0.6) is 5.06 Å². The van der Waals surface area contributed by atoms with Gasteiger partial charge in [0.15, 0.2) is 5.06 Å². The Morgan fingerprint density at radius 1 is 0.895 bits per heavy atom. The zero-order valence-electron chi connectivity index (χ0n) is 13.0. The fourth-order valence-electron chi connectivity index (χ4n) is 2.41. The molecule has 1 aromatic rings. The van der Waals surface area contributed by atoms with E-state index >= 15 is 0 Å². The highest BCUT2D eigenvalue weighted by Crippen LogP contribution is 2.32. The summed E-state index contributed by atoms with van der Waals surface area (Å²) < 4.78 is 5.53. The van der Waals surface area contributed by atoms with Crippen LogP contribution in [0, 0.1) is 0 Å². The van der Waals surface area contributed by atoms with Crippen molar-refractivity contribution in [2.45, 2.75) is 78.1 Å². The van der Waals surface area contributed by atoms with Gasteiger partial charge >= 0.3 is 0 Å². The number of unbranched alkanes of at least 4 members (excludes halogenated alkanes) is 6. The Kier molecular flexibility index (Phi) is 8.98. The second-order valence-electron chi connectivity index (χ2n) is 5.35. The molecule has 1 rings (SSSR count). The smallest absolute Gasteiger partial charge is 0.176 e. The van der Waals surface area contributed by atoms with Crippen molar-refractivity contribution in [3.63, 3.8) is 0 Å². The third-order valence-corrected chi connectivity index (χ3v) is 4.78. The van der Waals surface area contributed by atoms with Gasteiger partial charge in [-0.3, -0.25) is 0 Å². The van der Waals surface area contributed by atoms with E-state index in [9.17, 15) is 0 Å². The highest BCUT2D eigenvalue weighted by Gasteiger charge is 2.09. The molecule has 0 saturated heterocycles. The van der Waals surface area contributed by atoms with Crippen LogP contribution < -0.4 is 4.74 Å². The molecule has 0 aliphatic carbocycles. The van der Waals surface area contributed by atoms with E-state index in [1.165, 1.54) is 74.6 Å². The minimum Gasteiger partial charge on any atom is -0.487 e. The van der Waals surface area contributed by atoms with Crippen LogP contribution in [0.2, 0.25) is 0 Å². The van der Waals surface area contributed by atoms with E-state index in [1.807, 2.05) is 18.4 Å². The van der Waals surface area contributed by atoms with Crippen molar-refractivity contribution in [2.75, 3.05) is 7.11 Å². The van der Waals surface area contributed by atoms with Gasteiger partial charge in [-0.05, 0) is 31.7 Å². The predicted molar refractivity (Wildman–Crippen MR) is 86.6 cm³/mol. The van der Waals surface area contributed by atoms with Crippen molar-refractivity contribution in [1.82, 2.24) is 0 Å². The summed E-state index contributed by atoms with van der Waals surface area (Å²) in [5, 5.41) is 1.15. The lowest BCUT2D eigenvalue weighted by atomic mass is 10.1. The van der Waals surface area contributed by atoms with Gasteiger partial charge in [0.2, 0.25) is 0 Å². The van der Waals surface area contributed by atoms with Crippen LogP contribution in [0.25, 0.3) is 0 Å². The molecule has 0 atom stereocenters. The largest absolute Gasteiger partial charge is 0.487 e. The maximum absolute atomic E-state index is 5.53. The summed E-state index contributed by atoms with van der Waals surface area (Å²) in [6.45, 7) is 4.53. The quantitative estimate of drug-likeness (QED) is 0.452. The number of rotatable bonds is 11. The van der Waals surface area contributed by atoms with Crippen molar-refractivity contribution >= 4 is 11.3 Å². The number of aryl methyl sites for hydroxylation is 2. The van der Waals surface area contributed by atoms with Crippen LogP contribution in [0.15, 0.2) is 6.07 Å². The monoisotopic (exact) mass is 282 g/mol. The molecule has 0 spiro atoms. The molecule has 0 aliphatic heterocycles. The molecule has 0 radical (unpaired) electrons. The Labute approximate surface area is 123 Å². The fourth-order valence-corrected chi connectivity index (χ4v) is 3.47. The van der Waals surface area contributed by atoms with E-state index in [0.717, 1.165) is 5.06 Å². The second-order valence-corrected chi connectivity index (χ2v) is 6.45. The van der Waals surface area contributed by atoms with E-state index < -0.39 is 0 Å². The average Bonchev–Trinajstić information content (AvgIpc) is 2.82. The van der Waals surface area contributed by atoms with Crippen LogP contribution in [0.1, 0.15) is 75.7 Å². The molecule has 1 aromatic heterocycles. The van der Waals surface area contributed by atoms with Gasteiger partial charge in [-0.1, -0.05) is 52.4 Å². The molecule has 19 heavy (non-hydrogen) atoms. The van der Waals surface area contributed by atoms with Crippen molar-refractivity contribution in [2.24, 2.45) is 0 Å². The molecule has 0 unspecified atom stereocenters. The number of thiophene rings is 1. The molecule has 0 bridgehead atoms. The number of hydrogen-bond acceptors (Lipinski definition) is 2. The molecular formula is C17H30OS. The topological polar surface area (TPSA) is 9.23 Å². The van der Waals surface area contributed by atoms with Crippen molar-refractivity contribution in [3.05, 3.63) is 16.5 Å². The second kappa shape index (κ2) is 10.3. The van der Waals surface area contributed by atoms with Crippen LogP contribution in [0.4, 0.5) is 0 Å². The fraction of sp³-hybridized carbons (Fsp3) is 0.765. The van der Waals surface area contributed by atoms with Crippen LogP contribution in [-0.2, 0) is 12.8 Å². The van der Waals surface area contributed by atoms with E-state index in [1.54, 1.807) is 0 Å². The lowest BCUT2D eigenvalue weighted by molar-refractivity contribution is 0.421. The number of hydrogen-bond donors (Lipinski definition) is 0.